The Morgan fingerprint density at radius 1 is 0.667 bits per heavy atom. The van der Waals surface area contributed by atoms with Crippen LogP contribution in [-0.2, 0) is 9.59 Å². The van der Waals surface area contributed by atoms with Crippen LogP contribution >= 0.6 is 0 Å². The SMILES string of the molecule is C=C(C)C(=O)O.C=C(C)C(=O)O.OCCO.Oc1ccccc1.Oc1ccccc1. The average Bonchev–Trinajstić information content (AvgIpc) is 2.70. The first-order valence-corrected chi connectivity index (χ1v) is 8.46. The molecule has 0 aliphatic rings. The van der Waals surface area contributed by atoms with Crippen LogP contribution in [0, 0.1) is 0 Å². The second kappa shape index (κ2) is 21.7. The van der Waals surface area contributed by atoms with Gasteiger partial charge in [0.25, 0.3) is 0 Å². The van der Waals surface area contributed by atoms with Crippen LogP contribution in [0.5, 0.6) is 11.5 Å². The molecule has 0 bridgehead atoms. The summed E-state index contributed by atoms with van der Waals surface area (Å²) in [5, 5.41) is 48.3. The summed E-state index contributed by atoms with van der Waals surface area (Å²) >= 11 is 0. The fourth-order valence-electron chi connectivity index (χ4n) is 0.856. The number of rotatable bonds is 3. The second-order valence-corrected chi connectivity index (χ2v) is 5.29. The van der Waals surface area contributed by atoms with Gasteiger partial charge in [0.1, 0.15) is 11.5 Å². The van der Waals surface area contributed by atoms with E-state index in [1.54, 1.807) is 48.5 Å². The molecule has 0 radical (unpaired) electrons. The van der Waals surface area contributed by atoms with Crippen molar-refractivity contribution in [2.75, 3.05) is 13.2 Å². The average molecular weight is 422 g/mol. The highest BCUT2D eigenvalue weighted by Crippen LogP contribution is 2.03. The Morgan fingerprint density at radius 2 is 0.867 bits per heavy atom. The molecular formula is C22H30O8. The van der Waals surface area contributed by atoms with Gasteiger partial charge in [-0.3, -0.25) is 0 Å². The minimum absolute atomic E-state index is 0.125. The Balaban J connectivity index is -0.000000308. The number of benzene rings is 2. The number of para-hydroxylation sites is 2. The molecule has 0 fully saturated rings. The van der Waals surface area contributed by atoms with Crippen molar-refractivity contribution in [3.63, 3.8) is 0 Å². The van der Waals surface area contributed by atoms with Crippen LogP contribution in [0.15, 0.2) is 85.0 Å². The first-order valence-electron chi connectivity index (χ1n) is 8.46. The normalized spacial score (nSPS) is 8.00. The third kappa shape index (κ3) is 29.2. The minimum atomic E-state index is -0.935. The van der Waals surface area contributed by atoms with E-state index < -0.39 is 11.9 Å². The van der Waals surface area contributed by atoms with Crippen LogP contribution < -0.4 is 0 Å². The molecule has 166 valence electrons. The smallest absolute Gasteiger partial charge is 0.330 e. The summed E-state index contributed by atoms with van der Waals surface area (Å²) in [6.45, 7) is 8.95. The molecule has 2 aromatic rings. The summed E-state index contributed by atoms with van der Waals surface area (Å²) in [4.78, 5) is 19.2. The molecule has 2 rings (SSSR count). The molecule has 0 saturated carbocycles. The van der Waals surface area contributed by atoms with Crippen molar-refractivity contribution in [2.45, 2.75) is 13.8 Å². The monoisotopic (exact) mass is 422 g/mol. The van der Waals surface area contributed by atoms with Crippen LogP contribution in [0.4, 0.5) is 0 Å². The maximum absolute atomic E-state index is 9.60. The van der Waals surface area contributed by atoms with E-state index >= 15 is 0 Å². The molecule has 0 atom stereocenters. The molecule has 8 heteroatoms. The number of hydrogen-bond donors (Lipinski definition) is 6. The van der Waals surface area contributed by atoms with Crippen LogP contribution in [0.3, 0.4) is 0 Å². The Kier molecular flexibility index (Phi) is 22.5. The van der Waals surface area contributed by atoms with Crippen LogP contribution in [0.25, 0.3) is 0 Å². The molecule has 0 saturated heterocycles. The number of aliphatic carboxylic acids is 2. The molecule has 0 aliphatic carbocycles. The van der Waals surface area contributed by atoms with Crippen molar-refractivity contribution < 1.29 is 40.2 Å². The summed E-state index contributed by atoms with van der Waals surface area (Å²) in [7, 11) is 0. The first kappa shape index (κ1) is 31.1. The third-order valence-electron chi connectivity index (χ3n) is 2.34. The summed E-state index contributed by atoms with van der Waals surface area (Å²) in [5.41, 5.74) is 0.352. The van der Waals surface area contributed by atoms with Crippen LogP contribution in [0.1, 0.15) is 13.8 Å². The lowest BCUT2D eigenvalue weighted by Gasteiger charge is -1.82. The maximum Gasteiger partial charge on any atom is 0.330 e. The standard InChI is InChI=1S/2C6H6O.2C4H6O2.C2H6O2/c2*7-6-4-2-1-3-5-6;2*1-3(2)4(5)6;3-1-2-4/h2*1-5,7H;2*1H2,2H3,(H,5,6);3-4H,1-2H2. The number of hydrogen-bond acceptors (Lipinski definition) is 6. The predicted molar refractivity (Wildman–Crippen MR) is 115 cm³/mol. The van der Waals surface area contributed by atoms with E-state index in [4.69, 9.17) is 30.6 Å². The van der Waals surface area contributed by atoms with E-state index in [0.29, 0.717) is 11.5 Å². The summed E-state index contributed by atoms with van der Waals surface area (Å²) in [6.07, 6.45) is 0. The van der Waals surface area contributed by atoms with E-state index in [-0.39, 0.29) is 24.4 Å². The van der Waals surface area contributed by atoms with E-state index in [2.05, 4.69) is 13.2 Å². The Bertz CT molecular complexity index is 625. The first-order chi connectivity index (χ1) is 14.0. The maximum atomic E-state index is 9.60. The van der Waals surface area contributed by atoms with Crippen molar-refractivity contribution in [1.82, 2.24) is 0 Å². The molecule has 8 nitrogen and oxygen atoms in total. The fraction of sp³-hybridized carbons (Fsp3) is 0.182. The van der Waals surface area contributed by atoms with Crippen molar-refractivity contribution in [3.8, 4) is 11.5 Å². The molecule has 6 N–H and O–H groups in total. The number of phenols is 2. The van der Waals surface area contributed by atoms with Gasteiger partial charge in [-0.15, -0.1) is 0 Å². The van der Waals surface area contributed by atoms with Gasteiger partial charge in [-0.1, -0.05) is 49.6 Å². The molecule has 0 unspecified atom stereocenters. The zero-order valence-corrected chi connectivity index (χ0v) is 17.1. The number of aromatic hydroxyl groups is 2. The lowest BCUT2D eigenvalue weighted by Crippen LogP contribution is -1.92. The predicted octanol–water partition coefficient (Wildman–Crippen LogP) is 3.05. The molecule has 0 aliphatic heterocycles. The van der Waals surface area contributed by atoms with E-state index in [0.717, 1.165) is 0 Å². The number of aliphatic hydroxyl groups excluding tert-OH is 2. The summed E-state index contributed by atoms with van der Waals surface area (Å²) in [5.74, 6) is -1.23. The topological polar surface area (TPSA) is 156 Å². The van der Waals surface area contributed by atoms with Gasteiger partial charge >= 0.3 is 11.9 Å². The second-order valence-electron chi connectivity index (χ2n) is 5.29. The third-order valence-corrected chi connectivity index (χ3v) is 2.34. The molecule has 30 heavy (non-hydrogen) atoms. The number of phenolic OH excluding ortho intramolecular Hbond substituents is 2. The summed E-state index contributed by atoms with van der Waals surface area (Å²) < 4.78 is 0. The Labute approximate surface area is 176 Å². The van der Waals surface area contributed by atoms with E-state index in [1.807, 2.05) is 12.1 Å². The van der Waals surface area contributed by atoms with Crippen molar-refractivity contribution in [1.29, 1.82) is 0 Å². The van der Waals surface area contributed by atoms with Crippen molar-refractivity contribution in [3.05, 3.63) is 85.0 Å². The zero-order valence-electron chi connectivity index (χ0n) is 17.1. The molecule has 2 aromatic carbocycles. The van der Waals surface area contributed by atoms with Gasteiger partial charge in [0.15, 0.2) is 0 Å². The number of aliphatic hydroxyl groups is 2. The van der Waals surface area contributed by atoms with Gasteiger partial charge in [-0.25, -0.2) is 9.59 Å². The van der Waals surface area contributed by atoms with Gasteiger partial charge < -0.3 is 30.6 Å². The lowest BCUT2D eigenvalue weighted by molar-refractivity contribution is -0.133. The van der Waals surface area contributed by atoms with Gasteiger partial charge in [0, 0.05) is 11.1 Å². The molecule has 0 heterocycles. The van der Waals surface area contributed by atoms with Gasteiger partial charge in [0.05, 0.1) is 13.2 Å². The zero-order chi connectivity index (χ0) is 23.9. The van der Waals surface area contributed by atoms with Crippen LogP contribution in [-0.4, -0.2) is 55.8 Å². The van der Waals surface area contributed by atoms with Crippen molar-refractivity contribution in [2.24, 2.45) is 0 Å². The highest BCUT2D eigenvalue weighted by molar-refractivity contribution is 5.85. The van der Waals surface area contributed by atoms with Gasteiger partial charge in [-0.2, -0.15) is 0 Å². The number of carboxylic acids is 2. The Morgan fingerprint density at radius 3 is 0.933 bits per heavy atom. The highest BCUT2D eigenvalue weighted by Gasteiger charge is 1.90. The van der Waals surface area contributed by atoms with E-state index in [1.165, 1.54) is 13.8 Å². The lowest BCUT2D eigenvalue weighted by atomic mass is 10.3. The van der Waals surface area contributed by atoms with E-state index in [9.17, 15) is 9.59 Å². The molecule has 0 spiro atoms. The minimum Gasteiger partial charge on any atom is -0.508 e. The fourth-order valence-corrected chi connectivity index (χ4v) is 0.856. The number of carboxylic acid groups (broad SMARTS) is 2. The number of carbonyl (C=O) groups is 2. The molecule has 0 amide bonds. The van der Waals surface area contributed by atoms with Gasteiger partial charge in [0.2, 0.25) is 0 Å². The summed E-state index contributed by atoms with van der Waals surface area (Å²) in [6, 6.07) is 17.4. The molecular weight excluding hydrogens is 392 g/mol. The van der Waals surface area contributed by atoms with Crippen LogP contribution in [0.2, 0.25) is 0 Å². The van der Waals surface area contributed by atoms with Gasteiger partial charge in [-0.05, 0) is 38.1 Å². The Hall–Kier alpha value is -3.62. The quantitative estimate of drug-likeness (QED) is 0.412. The van der Waals surface area contributed by atoms with Crippen molar-refractivity contribution >= 4 is 11.9 Å². The largest absolute Gasteiger partial charge is 0.508 e. The highest BCUT2D eigenvalue weighted by atomic mass is 16.4. The molecule has 0 aromatic heterocycles.